The van der Waals surface area contributed by atoms with Crippen LogP contribution in [0.15, 0.2) is 23.7 Å². The summed E-state index contributed by atoms with van der Waals surface area (Å²) < 4.78 is 29.2. The first kappa shape index (κ1) is 27.0. The van der Waals surface area contributed by atoms with E-state index in [1.807, 2.05) is 6.92 Å². The van der Waals surface area contributed by atoms with Crippen LogP contribution in [0, 0.1) is 12.3 Å². The van der Waals surface area contributed by atoms with E-state index in [4.69, 9.17) is 0 Å². The Morgan fingerprint density at radius 1 is 1.30 bits per heavy atom. The second-order valence-corrected chi connectivity index (χ2v) is 11.7. The number of phenolic OH excluding ortho intramolecular Hbond substituents is 1. The minimum Gasteiger partial charge on any atom is -0.508 e. The molecule has 1 aliphatic carbocycles. The van der Waals surface area contributed by atoms with Crippen molar-refractivity contribution in [3.05, 3.63) is 35.0 Å². The van der Waals surface area contributed by atoms with E-state index in [0.717, 1.165) is 21.0 Å². The van der Waals surface area contributed by atoms with Gasteiger partial charge in [0.15, 0.2) is 5.67 Å². The first-order valence-electron chi connectivity index (χ1n) is 12.3. The number of thiazole rings is 1. The maximum absolute atomic E-state index is 14.9. The zero-order chi connectivity index (χ0) is 27.1. The molecule has 200 valence electrons. The molecule has 8 nitrogen and oxygen atoms in total. The van der Waals surface area contributed by atoms with Crippen molar-refractivity contribution in [1.82, 2.24) is 20.5 Å². The summed E-state index contributed by atoms with van der Waals surface area (Å²) in [5.74, 6) is -2.22. The predicted octanol–water partition coefficient (Wildman–Crippen LogP) is 3.41. The lowest BCUT2D eigenvalue weighted by atomic mass is 9.85. The fourth-order valence-electron chi connectivity index (χ4n) is 4.44. The molecule has 3 atom stereocenters. The van der Waals surface area contributed by atoms with Crippen LogP contribution < -0.4 is 10.6 Å². The number of nitrogens with zero attached hydrogens (tertiary/aromatic N) is 2. The third-order valence-corrected chi connectivity index (χ3v) is 7.88. The van der Waals surface area contributed by atoms with Crippen molar-refractivity contribution in [2.24, 2.45) is 5.41 Å². The minimum atomic E-state index is -1.97. The third-order valence-electron chi connectivity index (χ3n) is 6.91. The van der Waals surface area contributed by atoms with Crippen LogP contribution in [-0.2, 0) is 20.9 Å². The Bertz CT molecular complexity index is 1210. The first-order valence-corrected chi connectivity index (χ1v) is 13.1. The molecule has 1 saturated carbocycles. The van der Waals surface area contributed by atoms with Gasteiger partial charge in [-0.25, -0.2) is 13.8 Å². The average molecular weight is 535 g/mol. The fraction of sp³-hybridized carbons (Fsp3) is 0.538. The molecule has 2 aromatic rings. The summed E-state index contributed by atoms with van der Waals surface area (Å²) >= 11 is 1.45. The van der Waals surface area contributed by atoms with E-state index in [-0.39, 0.29) is 38.1 Å². The SMILES string of the molecule is Cc1ncsc1-c1ccc(CNC(=O)C2[C@@H](F)CCN2C(=O)C(NC(=O)C2(F)CC2)C(C)(C)C)c(O)c1. The number of likely N-dealkylation sites (tertiary alicyclic amines) is 1. The van der Waals surface area contributed by atoms with Gasteiger partial charge in [-0.2, -0.15) is 0 Å². The number of halogens is 2. The summed E-state index contributed by atoms with van der Waals surface area (Å²) in [7, 11) is 0. The molecule has 1 aliphatic heterocycles. The smallest absolute Gasteiger partial charge is 0.258 e. The number of amides is 3. The highest BCUT2D eigenvalue weighted by Gasteiger charge is 2.53. The Morgan fingerprint density at radius 3 is 2.57 bits per heavy atom. The number of hydrogen-bond donors (Lipinski definition) is 3. The fourth-order valence-corrected chi connectivity index (χ4v) is 5.24. The Hall–Kier alpha value is -3.08. The van der Waals surface area contributed by atoms with E-state index in [2.05, 4.69) is 15.6 Å². The maximum atomic E-state index is 14.9. The van der Waals surface area contributed by atoms with Crippen LogP contribution in [0.4, 0.5) is 8.78 Å². The van der Waals surface area contributed by atoms with Gasteiger partial charge in [-0.3, -0.25) is 14.4 Å². The highest BCUT2D eigenvalue weighted by molar-refractivity contribution is 7.13. The summed E-state index contributed by atoms with van der Waals surface area (Å²) in [5.41, 5.74) is 1.02. The van der Waals surface area contributed by atoms with Crippen LogP contribution in [-0.4, -0.2) is 63.2 Å². The molecule has 0 bridgehead atoms. The number of nitrogens with one attached hydrogen (secondary N) is 2. The topological polar surface area (TPSA) is 112 Å². The lowest BCUT2D eigenvalue weighted by Crippen LogP contribution is -2.59. The molecule has 3 amide bonds. The van der Waals surface area contributed by atoms with Crippen LogP contribution >= 0.6 is 11.3 Å². The van der Waals surface area contributed by atoms with Crippen LogP contribution in [0.2, 0.25) is 0 Å². The van der Waals surface area contributed by atoms with Crippen molar-refractivity contribution in [2.45, 2.75) is 77.4 Å². The molecule has 1 saturated heterocycles. The molecule has 2 heterocycles. The quantitative estimate of drug-likeness (QED) is 0.504. The van der Waals surface area contributed by atoms with E-state index >= 15 is 0 Å². The molecule has 0 spiro atoms. The van der Waals surface area contributed by atoms with Gasteiger partial charge in [0.25, 0.3) is 5.91 Å². The Morgan fingerprint density at radius 2 is 2.00 bits per heavy atom. The molecule has 2 aliphatic rings. The minimum absolute atomic E-state index is 0.00451. The van der Waals surface area contributed by atoms with Crippen LogP contribution in [0.1, 0.15) is 51.3 Å². The summed E-state index contributed by atoms with van der Waals surface area (Å²) in [6.45, 7) is 6.94. The van der Waals surface area contributed by atoms with Crippen molar-refractivity contribution < 1.29 is 28.3 Å². The number of carbonyl (C=O) groups is 3. The van der Waals surface area contributed by atoms with Gasteiger partial charge in [-0.15, -0.1) is 11.3 Å². The molecule has 3 N–H and O–H groups in total. The highest BCUT2D eigenvalue weighted by atomic mass is 32.1. The molecular formula is C26H32F2N4O4S. The predicted molar refractivity (Wildman–Crippen MR) is 135 cm³/mol. The molecule has 2 unspecified atom stereocenters. The van der Waals surface area contributed by atoms with E-state index in [1.165, 1.54) is 11.3 Å². The molecule has 0 radical (unpaired) electrons. The van der Waals surface area contributed by atoms with Crippen LogP contribution in [0.3, 0.4) is 0 Å². The summed E-state index contributed by atoms with van der Waals surface area (Å²) in [5, 5.41) is 15.6. The van der Waals surface area contributed by atoms with Gasteiger partial charge in [-0.1, -0.05) is 32.9 Å². The zero-order valence-corrected chi connectivity index (χ0v) is 22.1. The number of rotatable bonds is 7. The summed E-state index contributed by atoms with van der Waals surface area (Å²) in [6, 6.07) is 2.54. The second kappa shape index (κ2) is 10.00. The monoisotopic (exact) mass is 534 g/mol. The van der Waals surface area contributed by atoms with E-state index in [9.17, 15) is 28.3 Å². The van der Waals surface area contributed by atoms with Gasteiger partial charge >= 0.3 is 0 Å². The summed E-state index contributed by atoms with van der Waals surface area (Å²) in [4.78, 5) is 45.1. The molecule has 1 aromatic heterocycles. The Kier molecular flexibility index (Phi) is 7.29. The molecule has 37 heavy (non-hydrogen) atoms. The number of alkyl halides is 2. The van der Waals surface area contributed by atoms with Crippen molar-refractivity contribution in [3.8, 4) is 16.2 Å². The first-order chi connectivity index (χ1) is 17.3. The zero-order valence-electron chi connectivity index (χ0n) is 21.3. The largest absolute Gasteiger partial charge is 0.508 e. The van der Waals surface area contributed by atoms with Crippen molar-refractivity contribution in [2.75, 3.05) is 6.54 Å². The summed E-state index contributed by atoms with van der Waals surface area (Å²) in [6.07, 6.45) is -1.43. The van der Waals surface area contributed by atoms with Gasteiger partial charge in [-0.05, 0) is 43.2 Å². The lowest BCUT2D eigenvalue weighted by molar-refractivity contribution is -0.145. The molecule has 4 rings (SSSR count). The van der Waals surface area contributed by atoms with Crippen molar-refractivity contribution in [1.29, 1.82) is 0 Å². The van der Waals surface area contributed by atoms with E-state index in [0.29, 0.717) is 5.56 Å². The average Bonchev–Trinajstić information content (AvgIpc) is 3.24. The number of aryl methyl sites for hydroxylation is 1. The number of hydrogen-bond acceptors (Lipinski definition) is 6. The normalized spacial score (nSPS) is 21.4. The van der Waals surface area contributed by atoms with Crippen molar-refractivity contribution >= 4 is 29.1 Å². The standard InChI is InChI=1S/C26H32F2N4O4S/c1-14-20(37-13-30-14)15-5-6-16(18(33)11-15)12-29-22(34)19-17(27)7-10-32(19)23(35)21(25(2,3)4)31-24(36)26(28)8-9-26/h5-6,11,13,17,19,21,33H,7-10,12H2,1-4H3,(H,29,34)(H,31,36)/t17-,19?,21?/m0/s1. The van der Waals surface area contributed by atoms with Gasteiger partial charge in [0.1, 0.15) is 24.0 Å². The number of benzene rings is 1. The third kappa shape index (κ3) is 5.61. The van der Waals surface area contributed by atoms with Crippen LogP contribution in [0.5, 0.6) is 5.75 Å². The lowest BCUT2D eigenvalue weighted by Gasteiger charge is -2.35. The van der Waals surface area contributed by atoms with Crippen LogP contribution in [0.25, 0.3) is 10.4 Å². The van der Waals surface area contributed by atoms with E-state index < -0.39 is 47.1 Å². The number of phenols is 1. The van der Waals surface area contributed by atoms with Gasteiger partial charge in [0.05, 0.1) is 16.1 Å². The van der Waals surface area contributed by atoms with E-state index in [1.54, 1.807) is 44.5 Å². The highest BCUT2D eigenvalue weighted by Crippen LogP contribution is 2.40. The maximum Gasteiger partial charge on any atom is 0.258 e. The Balaban J connectivity index is 1.45. The molecule has 2 fully saturated rings. The second-order valence-electron chi connectivity index (χ2n) is 10.8. The van der Waals surface area contributed by atoms with Gasteiger partial charge in [0.2, 0.25) is 11.8 Å². The number of aromatic nitrogens is 1. The number of aromatic hydroxyl groups is 1. The molecular weight excluding hydrogens is 502 g/mol. The van der Waals surface area contributed by atoms with Gasteiger partial charge in [0, 0.05) is 18.7 Å². The molecule has 1 aromatic carbocycles. The number of carbonyl (C=O) groups excluding carboxylic acids is 3. The Labute approximate surface area is 218 Å². The van der Waals surface area contributed by atoms with Gasteiger partial charge < -0.3 is 20.6 Å². The molecule has 11 heteroatoms. The van der Waals surface area contributed by atoms with Crippen molar-refractivity contribution in [3.63, 3.8) is 0 Å².